The largest absolute Gasteiger partial charge is 0.338 e. The highest BCUT2D eigenvalue weighted by Gasteiger charge is 2.55. The lowest BCUT2D eigenvalue weighted by atomic mass is 9.60. The first-order chi connectivity index (χ1) is 31.7. The van der Waals surface area contributed by atoms with Gasteiger partial charge in [0.05, 0.1) is 17.0 Å². The summed E-state index contributed by atoms with van der Waals surface area (Å²) in [7, 11) is 0. The highest BCUT2D eigenvalue weighted by molar-refractivity contribution is 5.91. The Kier molecular flexibility index (Phi) is 9.41. The molecule has 0 saturated carbocycles. The van der Waals surface area contributed by atoms with Crippen molar-refractivity contribution in [2.75, 3.05) is 4.90 Å². The zero-order chi connectivity index (χ0) is 42.6. The molecule has 0 N–H and O–H groups in total. The number of allylic oxidation sites excluding steroid dienone is 7. The molecule has 4 aliphatic carbocycles. The lowest BCUT2D eigenvalue weighted by Gasteiger charge is -2.46. The fourth-order valence-corrected chi connectivity index (χ4v) is 11.9. The van der Waals surface area contributed by atoms with Gasteiger partial charge in [0.15, 0.2) is 0 Å². The van der Waals surface area contributed by atoms with Gasteiger partial charge in [-0.15, -0.1) is 0 Å². The van der Waals surface area contributed by atoms with Crippen molar-refractivity contribution in [1.82, 2.24) is 4.57 Å². The highest BCUT2D eigenvalue weighted by Crippen LogP contribution is 2.62. The van der Waals surface area contributed by atoms with Gasteiger partial charge in [0.2, 0.25) is 0 Å². The van der Waals surface area contributed by atoms with Crippen molar-refractivity contribution >= 4 is 33.8 Å². The van der Waals surface area contributed by atoms with E-state index >= 15 is 0 Å². The summed E-state index contributed by atoms with van der Waals surface area (Å²) in [6, 6.07) is 72.0. The zero-order valence-corrected chi connectivity index (χ0v) is 36.1. The van der Waals surface area contributed by atoms with E-state index in [0.717, 1.165) is 12.8 Å². The number of hydrogen-bond acceptors (Lipinski definition) is 1. The number of benzene rings is 7. The monoisotopic (exact) mass is 822 g/mol. The second-order valence-corrected chi connectivity index (χ2v) is 17.9. The smallest absolute Gasteiger partial charge is 0.0557 e. The average Bonchev–Trinajstić information content (AvgIpc) is 3.87. The van der Waals surface area contributed by atoms with Crippen molar-refractivity contribution in [3.63, 3.8) is 0 Å². The fourth-order valence-electron chi connectivity index (χ4n) is 11.9. The number of para-hydroxylation sites is 2. The van der Waals surface area contributed by atoms with E-state index in [2.05, 4.69) is 253 Å². The minimum Gasteiger partial charge on any atom is -0.338 e. The van der Waals surface area contributed by atoms with Gasteiger partial charge in [-0.2, -0.15) is 0 Å². The molecule has 8 aromatic rings. The van der Waals surface area contributed by atoms with Crippen LogP contribution in [0.1, 0.15) is 63.9 Å². The summed E-state index contributed by atoms with van der Waals surface area (Å²) < 4.78 is 2.43. The first kappa shape index (κ1) is 38.3. The number of aromatic nitrogens is 1. The van der Waals surface area contributed by atoms with Crippen LogP contribution in [0, 0.1) is 11.8 Å². The summed E-state index contributed by atoms with van der Waals surface area (Å²) in [6.07, 6.45) is 18.8. The maximum Gasteiger partial charge on any atom is 0.0557 e. The Bertz CT molecular complexity index is 3120. The number of anilines is 1. The van der Waals surface area contributed by atoms with Crippen LogP contribution in [0.3, 0.4) is 0 Å². The van der Waals surface area contributed by atoms with E-state index in [-0.39, 0.29) is 29.2 Å². The molecule has 308 valence electrons. The molecule has 12 rings (SSSR count). The molecule has 0 amide bonds. The van der Waals surface area contributed by atoms with Crippen molar-refractivity contribution in [3.05, 3.63) is 281 Å². The molecular formula is C62H50N2. The van der Waals surface area contributed by atoms with Crippen molar-refractivity contribution in [3.8, 4) is 5.69 Å². The SMILES string of the molecule is CC1C(N(c2ccc(C3C=Cc4c(c5ccccc5n4-c4ccccc4)C3)cc2)C2C=CC(c3ccccc3)=CC2)=CC=C2c3ccccc3C(c3ccccc3)(c3ccccc3)C21. The lowest BCUT2D eigenvalue weighted by molar-refractivity contribution is 0.376. The second kappa shape index (κ2) is 15.7. The van der Waals surface area contributed by atoms with E-state index in [9.17, 15) is 0 Å². The van der Waals surface area contributed by atoms with E-state index < -0.39 is 0 Å². The molecule has 4 atom stereocenters. The molecule has 2 nitrogen and oxygen atoms in total. The lowest BCUT2D eigenvalue weighted by Crippen LogP contribution is -2.44. The predicted octanol–water partition coefficient (Wildman–Crippen LogP) is 14.8. The van der Waals surface area contributed by atoms with E-state index in [4.69, 9.17) is 0 Å². The first-order valence-electron chi connectivity index (χ1n) is 23.0. The summed E-state index contributed by atoms with van der Waals surface area (Å²) in [6.45, 7) is 2.49. The van der Waals surface area contributed by atoms with Gasteiger partial charge in [0.1, 0.15) is 0 Å². The first-order valence-corrected chi connectivity index (χ1v) is 23.0. The van der Waals surface area contributed by atoms with Crippen LogP contribution in [0.15, 0.2) is 236 Å². The average molecular weight is 823 g/mol. The Morgan fingerprint density at radius 1 is 0.594 bits per heavy atom. The summed E-state index contributed by atoms with van der Waals surface area (Å²) in [4.78, 5) is 2.67. The summed E-state index contributed by atoms with van der Waals surface area (Å²) >= 11 is 0. The van der Waals surface area contributed by atoms with Crippen molar-refractivity contribution in [2.24, 2.45) is 11.8 Å². The second-order valence-electron chi connectivity index (χ2n) is 17.9. The molecule has 1 aromatic heterocycles. The summed E-state index contributed by atoms with van der Waals surface area (Å²) in [5, 5.41) is 1.34. The zero-order valence-electron chi connectivity index (χ0n) is 36.1. The van der Waals surface area contributed by atoms with Gasteiger partial charge in [0, 0.05) is 45.9 Å². The number of nitrogens with zero attached hydrogens (tertiary/aromatic N) is 2. The molecule has 0 aliphatic heterocycles. The van der Waals surface area contributed by atoms with Crippen LogP contribution in [0.4, 0.5) is 5.69 Å². The standard InChI is InChI=1S/C62H50N2/c1-43-58(41-39-55-53-26-14-16-28-57(53)62(61(43)55,48-20-8-3-9-21-48)49-22-10-4-11-23-49)63(51-35-30-45(31-36-51)44-18-6-2-7-19-44)52-37-32-46(33-38-52)47-34-40-60-56(42-47)54-27-15-17-29-59(54)64(60)50-24-12-5-13-25-50/h2-35,37-41,43,47,51,61H,36,42H2,1H3. The minimum absolute atomic E-state index is 0.148. The highest BCUT2D eigenvalue weighted by atomic mass is 15.2. The van der Waals surface area contributed by atoms with Crippen LogP contribution in [0.25, 0.3) is 33.8 Å². The Labute approximate surface area is 377 Å². The molecule has 7 aromatic carbocycles. The van der Waals surface area contributed by atoms with Crippen molar-refractivity contribution in [2.45, 2.75) is 37.1 Å². The molecule has 4 unspecified atom stereocenters. The third kappa shape index (κ3) is 6.08. The van der Waals surface area contributed by atoms with Gasteiger partial charge in [-0.1, -0.05) is 201 Å². The van der Waals surface area contributed by atoms with Gasteiger partial charge < -0.3 is 9.47 Å². The number of rotatable bonds is 8. The van der Waals surface area contributed by atoms with Gasteiger partial charge in [-0.05, 0) is 105 Å². The van der Waals surface area contributed by atoms with E-state index in [0.29, 0.717) is 0 Å². The molecule has 0 radical (unpaired) electrons. The summed E-state index contributed by atoms with van der Waals surface area (Å²) in [5.74, 6) is 0.643. The summed E-state index contributed by atoms with van der Waals surface area (Å²) in [5.41, 5.74) is 18.2. The Hall–Kier alpha value is -7.42. The van der Waals surface area contributed by atoms with Gasteiger partial charge in [-0.25, -0.2) is 0 Å². The van der Waals surface area contributed by atoms with E-state index in [1.807, 2.05) is 0 Å². The molecule has 2 heteroatoms. The molecule has 0 saturated heterocycles. The topological polar surface area (TPSA) is 8.17 Å². The Morgan fingerprint density at radius 3 is 1.94 bits per heavy atom. The number of hydrogen-bond donors (Lipinski definition) is 0. The number of fused-ring (bicyclic) bond motifs is 6. The van der Waals surface area contributed by atoms with Crippen LogP contribution >= 0.6 is 0 Å². The molecule has 0 bridgehead atoms. The van der Waals surface area contributed by atoms with E-state index in [1.54, 1.807) is 0 Å². The quantitative estimate of drug-likeness (QED) is 0.148. The fraction of sp³-hybridized carbons (Fsp3) is 0.129. The molecule has 4 aliphatic rings. The van der Waals surface area contributed by atoms with Crippen LogP contribution in [0.2, 0.25) is 0 Å². The molecule has 1 heterocycles. The Balaban J connectivity index is 0.950. The molecule has 64 heavy (non-hydrogen) atoms. The normalized spacial score (nSPS) is 20.4. The minimum atomic E-state index is -0.363. The molecular weight excluding hydrogens is 773 g/mol. The van der Waals surface area contributed by atoms with Crippen molar-refractivity contribution < 1.29 is 0 Å². The molecule has 0 spiro atoms. The predicted molar refractivity (Wildman–Crippen MR) is 268 cm³/mol. The van der Waals surface area contributed by atoms with Crippen LogP contribution < -0.4 is 4.90 Å². The van der Waals surface area contributed by atoms with E-state index in [1.165, 1.54) is 83.8 Å². The van der Waals surface area contributed by atoms with Crippen LogP contribution in [-0.4, -0.2) is 10.6 Å². The maximum atomic E-state index is 2.67. The molecule has 0 fully saturated rings. The van der Waals surface area contributed by atoms with Gasteiger partial charge >= 0.3 is 0 Å². The third-order valence-corrected chi connectivity index (χ3v) is 14.7. The van der Waals surface area contributed by atoms with Gasteiger partial charge in [0.25, 0.3) is 0 Å². The van der Waals surface area contributed by atoms with Crippen LogP contribution in [-0.2, 0) is 11.8 Å². The van der Waals surface area contributed by atoms with Gasteiger partial charge in [-0.3, -0.25) is 0 Å². The maximum absolute atomic E-state index is 2.67. The third-order valence-electron chi connectivity index (χ3n) is 14.7. The Morgan fingerprint density at radius 2 is 1.23 bits per heavy atom. The van der Waals surface area contributed by atoms with Crippen molar-refractivity contribution in [1.29, 1.82) is 0 Å². The van der Waals surface area contributed by atoms with Crippen LogP contribution in [0.5, 0.6) is 0 Å².